The smallest absolute Gasteiger partial charge is 0.101 e. The lowest BCUT2D eigenvalue weighted by atomic mass is 9.86. The first-order valence-electron chi connectivity index (χ1n) is 28.1. The SMILES string of the molecule is C1=CSC(C(Cc2cccs2)c2cccc(/C(=C/c3ccc(-c4ccc(C=C(c5cccc(N(c6cccs6)c6cccs6)c5)c5cccc(N(c6cccs6)c6cccs6)c5)cc4)cc3)c3cccc(N(c4cccs4)c4cccs4)c3)c2)C1. The number of thioether (sulfide) groups is 1. The number of anilines is 9. The molecule has 414 valence electrons. The van der Waals surface area contributed by atoms with Crippen LogP contribution in [0.15, 0.2) is 280 Å². The van der Waals surface area contributed by atoms with Gasteiger partial charge in [-0.05, 0) is 245 Å². The molecule has 0 bridgehead atoms. The van der Waals surface area contributed by atoms with Crippen LogP contribution in [0.5, 0.6) is 0 Å². The minimum atomic E-state index is 0.387. The van der Waals surface area contributed by atoms with Crippen LogP contribution in [-0.2, 0) is 6.42 Å². The normalized spacial score (nSPS) is 13.5. The molecule has 3 nitrogen and oxygen atoms in total. The summed E-state index contributed by atoms with van der Waals surface area (Å²) >= 11 is 14.4. The number of hydrogen-bond donors (Lipinski definition) is 0. The van der Waals surface area contributed by atoms with Gasteiger partial charge in [-0.3, -0.25) is 14.7 Å². The fourth-order valence-corrected chi connectivity index (χ4v) is 17.8. The van der Waals surface area contributed by atoms with Gasteiger partial charge in [0.15, 0.2) is 0 Å². The van der Waals surface area contributed by atoms with Crippen molar-refractivity contribution in [2.75, 3.05) is 14.7 Å². The highest BCUT2D eigenvalue weighted by Gasteiger charge is 2.27. The summed E-state index contributed by atoms with van der Waals surface area (Å²) in [7, 11) is 0. The molecule has 0 aliphatic carbocycles. The molecule has 14 rings (SSSR count). The Hall–Kier alpha value is -7.81. The van der Waals surface area contributed by atoms with Crippen LogP contribution in [-0.4, -0.2) is 5.25 Å². The van der Waals surface area contributed by atoms with E-state index in [1.54, 1.807) is 68.0 Å². The fourth-order valence-electron chi connectivity index (χ4n) is 11.2. The molecule has 11 heteroatoms. The largest absolute Gasteiger partial charge is 0.293 e. The first kappa shape index (κ1) is 55.1. The molecule has 2 unspecified atom stereocenters. The van der Waals surface area contributed by atoms with Crippen molar-refractivity contribution in [3.8, 4) is 11.1 Å². The fraction of sp³-hybridized carbons (Fsp3) is 0.0541. The van der Waals surface area contributed by atoms with Gasteiger partial charge in [0.25, 0.3) is 0 Å². The summed E-state index contributed by atoms with van der Waals surface area (Å²) in [4.78, 5) is 8.57. The number of hydrogen-bond acceptors (Lipinski definition) is 11. The van der Waals surface area contributed by atoms with Crippen molar-refractivity contribution in [3.05, 3.63) is 323 Å². The quantitative estimate of drug-likeness (QED) is 0.0703. The molecule has 85 heavy (non-hydrogen) atoms. The van der Waals surface area contributed by atoms with Crippen molar-refractivity contribution in [2.45, 2.75) is 24.0 Å². The Morgan fingerprint density at radius 3 is 1.08 bits per heavy atom. The summed E-state index contributed by atoms with van der Waals surface area (Å²) in [5.41, 5.74) is 16.4. The molecule has 7 aromatic heterocycles. The van der Waals surface area contributed by atoms with E-state index < -0.39 is 0 Å². The van der Waals surface area contributed by atoms with Crippen LogP contribution in [0.25, 0.3) is 34.4 Å². The number of allylic oxidation sites excluding steroid dienone is 1. The molecule has 0 saturated heterocycles. The summed E-state index contributed by atoms with van der Waals surface area (Å²) in [5.74, 6) is 0.387. The molecule has 13 aromatic rings. The van der Waals surface area contributed by atoms with E-state index >= 15 is 0 Å². The molecule has 1 aliphatic rings. The van der Waals surface area contributed by atoms with E-state index in [1.165, 1.54) is 68.3 Å². The number of nitrogens with zero attached hydrogens (tertiary/aromatic N) is 3. The zero-order valence-corrected chi connectivity index (χ0v) is 52.5. The van der Waals surface area contributed by atoms with E-state index in [0.717, 1.165) is 57.7 Å². The summed E-state index contributed by atoms with van der Waals surface area (Å²) in [6, 6.07) is 85.3. The Bertz CT molecular complexity index is 4100. The number of thiophene rings is 7. The summed E-state index contributed by atoms with van der Waals surface area (Å²) in [6.07, 6.45) is 9.21. The Balaban J connectivity index is 0.818. The van der Waals surface area contributed by atoms with E-state index in [1.807, 2.05) is 23.1 Å². The van der Waals surface area contributed by atoms with Crippen molar-refractivity contribution >= 4 is 161 Å². The molecule has 8 heterocycles. The predicted molar refractivity (Wildman–Crippen MR) is 379 cm³/mol. The minimum absolute atomic E-state index is 0.387. The van der Waals surface area contributed by atoms with Crippen LogP contribution in [0.3, 0.4) is 0 Å². The lowest BCUT2D eigenvalue weighted by molar-refractivity contribution is 0.656. The van der Waals surface area contributed by atoms with Crippen molar-refractivity contribution in [3.63, 3.8) is 0 Å². The van der Waals surface area contributed by atoms with Crippen LogP contribution in [0.4, 0.5) is 47.1 Å². The average Bonchev–Trinajstić information content (AvgIpc) is 3.96. The van der Waals surface area contributed by atoms with Gasteiger partial charge in [-0.2, -0.15) is 0 Å². The minimum Gasteiger partial charge on any atom is -0.293 e. The summed E-state index contributed by atoms with van der Waals surface area (Å²) in [6.45, 7) is 0. The Morgan fingerprint density at radius 2 is 0.741 bits per heavy atom. The Kier molecular flexibility index (Phi) is 16.7. The average molecular weight is 1240 g/mol. The van der Waals surface area contributed by atoms with Crippen molar-refractivity contribution in [1.29, 1.82) is 0 Å². The van der Waals surface area contributed by atoms with Gasteiger partial charge in [0.1, 0.15) is 30.0 Å². The first-order chi connectivity index (χ1) is 42.1. The van der Waals surface area contributed by atoms with Crippen LogP contribution in [0.2, 0.25) is 0 Å². The van der Waals surface area contributed by atoms with Crippen molar-refractivity contribution in [2.24, 2.45) is 0 Å². The van der Waals surface area contributed by atoms with E-state index in [-0.39, 0.29) is 0 Å². The second-order valence-corrected chi connectivity index (χ2v) is 28.3. The maximum absolute atomic E-state index is 2.48. The van der Waals surface area contributed by atoms with Gasteiger partial charge in [-0.15, -0.1) is 91.1 Å². The van der Waals surface area contributed by atoms with E-state index in [2.05, 4.69) is 307 Å². The molecule has 0 amide bonds. The van der Waals surface area contributed by atoms with Crippen LogP contribution < -0.4 is 14.7 Å². The van der Waals surface area contributed by atoms with Gasteiger partial charge in [-0.1, -0.05) is 121 Å². The lowest BCUT2D eigenvalue weighted by Gasteiger charge is -2.24. The third-order valence-corrected chi connectivity index (χ3v) is 22.4. The van der Waals surface area contributed by atoms with Crippen LogP contribution >= 0.6 is 91.1 Å². The zero-order valence-electron chi connectivity index (χ0n) is 46.0. The van der Waals surface area contributed by atoms with Gasteiger partial charge >= 0.3 is 0 Å². The molecule has 0 N–H and O–H groups in total. The molecular weight excluding hydrogens is 1190 g/mol. The lowest BCUT2D eigenvalue weighted by Crippen LogP contribution is -2.15. The van der Waals surface area contributed by atoms with E-state index in [9.17, 15) is 0 Å². The number of benzene rings is 6. The second kappa shape index (κ2) is 25.8. The monoisotopic (exact) mass is 1240 g/mol. The summed E-state index contributed by atoms with van der Waals surface area (Å²) < 4.78 is 0. The van der Waals surface area contributed by atoms with E-state index in [4.69, 9.17) is 0 Å². The first-order valence-corrected chi connectivity index (χ1v) is 35.2. The third kappa shape index (κ3) is 12.4. The highest BCUT2D eigenvalue weighted by Crippen LogP contribution is 2.46. The Morgan fingerprint density at radius 1 is 0.376 bits per heavy atom. The molecule has 0 radical (unpaired) electrons. The highest BCUT2D eigenvalue weighted by molar-refractivity contribution is 8.03. The number of rotatable bonds is 20. The molecule has 0 spiro atoms. The van der Waals surface area contributed by atoms with Gasteiger partial charge < -0.3 is 0 Å². The molecule has 6 aromatic carbocycles. The molecule has 0 saturated carbocycles. The van der Waals surface area contributed by atoms with E-state index in [0.29, 0.717) is 11.2 Å². The Labute approximate surface area is 530 Å². The van der Waals surface area contributed by atoms with Gasteiger partial charge in [-0.25, -0.2) is 0 Å². The molecule has 2 atom stereocenters. The topological polar surface area (TPSA) is 9.72 Å². The van der Waals surface area contributed by atoms with Crippen LogP contribution in [0.1, 0.15) is 56.2 Å². The predicted octanol–water partition coefficient (Wildman–Crippen LogP) is 24.7. The zero-order chi connectivity index (χ0) is 56.7. The maximum atomic E-state index is 2.48. The third-order valence-electron chi connectivity index (χ3n) is 15.2. The maximum Gasteiger partial charge on any atom is 0.101 e. The van der Waals surface area contributed by atoms with Gasteiger partial charge in [0, 0.05) is 33.1 Å². The van der Waals surface area contributed by atoms with Crippen molar-refractivity contribution < 1.29 is 0 Å². The van der Waals surface area contributed by atoms with Crippen molar-refractivity contribution in [1.82, 2.24) is 0 Å². The highest BCUT2D eigenvalue weighted by atomic mass is 32.2. The summed E-state index contributed by atoms with van der Waals surface area (Å²) in [5, 5.41) is 25.1. The standard InChI is InChI=1S/C74H55N3S8/c1-13-56(47-57(14-1)67(68-22-6-38-79-68)51-64-21-5-37-78-64)65(58-15-2-18-61(48-58)75(69-23-7-39-80-69)70-24-8-40-81-70)45-52-29-33-54(34-30-52)55-35-31-53(32-36-55)46-66(59-16-3-19-62(49-59)76(71-25-9-41-82-71)72-26-10-42-83-72)60-17-4-20-63(50-60)77(73-27-11-43-84-73)74-28-12-44-85-74/h1-21,23-50,67-68H,22,51H2/b65-45-. The van der Waals surface area contributed by atoms with Gasteiger partial charge in [0.2, 0.25) is 0 Å². The van der Waals surface area contributed by atoms with Gasteiger partial charge in [0.05, 0.1) is 0 Å². The molecule has 0 fully saturated rings. The molecule has 1 aliphatic heterocycles. The second-order valence-electron chi connectivity index (χ2n) is 20.5. The van der Waals surface area contributed by atoms with Crippen LogP contribution in [0, 0.1) is 0 Å². The molecular formula is C74H55N3S8.